The van der Waals surface area contributed by atoms with E-state index in [1.165, 1.54) is 25.3 Å². The van der Waals surface area contributed by atoms with Gasteiger partial charge in [0.25, 0.3) is 5.91 Å². The first-order valence-corrected chi connectivity index (χ1v) is 6.25. The highest BCUT2D eigenvalue weighted by atomic mass is 16.5. The van der Waals surface area contributed by atoms with Gasteiger partial charge in [-0.05, 0) is 24.5 Å². The molecule has 3 N–H and O–H groups in total. The number of rotatable bonds is 6. The molecule has 1 rings (SSSR count). The van der Waals surface area contributed by atoms with Crippen LogP contribution < -0.4 is 10.1 Å². The van der Waals surface area contributed by atoms with Gasteiger partial charge in [-0.1, -0.05) is 13.8 Å². The SMILES string of the molecule is COc1ccc(C(=O)NC(CC(C)C)C(=O)O)c(O)c1. The number of nitrogens with one attached hydrogen (secondary N) is 1. The first kappa shape index (κ1) is 15.8. The Hall–Kier alpha value is -2.24. The van der Waals surface area contributed by atoms with Crippen LogP contribution in [-0.4, -0.2) is 35.2 Å². The van der Waals surface area contributed by atoms with E-state index in [2.05, 4.69) is 5.32 Å². The number of aromatic hydroxyl groups is 1. The van der Waals surface area contributed by atoms with Gasteiger partial charge in [-0.2, -0.15) is 0 Å². The van der Waals surface area contributed by atoms with Gasteiger partial charge in [0.1, 0.15) is 17.5 Å². The summed E-state index contributed by atoms with van der Waals surface area (Å²) in [6.07, 6.45) is 0.317. The summed E-state index contributed by atoms with van der Waals surface area (Å²) >= 11 is 0. The van der Waals surface area contributed by atoms with Crippen LogP contribution in [0.3, 0.4) is 0 Å². The molecule has 0 saturated heterocycles. The molecule has 1 aromatic rings. The second-order valence-electron chi connectivity index (χ2n) is 4.88. The lowest BCUT2D eigenvalue weighted by Gasteiger charge is -2.17. The van der Waals surface area contributed by atoms with Crippen molar-refractivity contribution in [3.05, 3.63) is 23.8 Å². The summed E-state index contributed by atoms with van der Waals surface area (Å²) in [6.45, 7) is 3.74. The molecule has 0 heterocycles. The maximum absolute atomic E-state index is 12.0. The summed E-state index contributed by atoms with van der Waals surface area (Å²) in [7, 11) is 1.44. The topological polar surface area (TPSA) is 95.9 Å². The third-order valence-corrected chi connectivity index (χ3v) is 2.76. The van der Waals surface area contributed by atoms with Crippen LogP contribution in [0.1, 0.15) is 30.6 Å². The monoisotopic (exact) mass is 281 g/mol. The fourth-order valence-electron chi connectivity index (χ4n) is 1.76. The van der Waals surface area contributed by atoms with Crippen molar-refractivity contribution in [1.82, 2.24) is 5.32 Å². The molecule has 0 aliphatic carbocycles. The van der Waals surface area contributed by atoms with Gasteiger partial charge in [-0.3, -0.25) is 4.79 Å². The Morgan fingerprint density at radius 3 is 2.45 bits per heavy atom. The standard InChI is InChI=1S/C14H19NO5/c1-8(2)6-11(14(18)19)15-13(17)10-5-4-9(20-3)7-12(10)16/h4-5,7-8,11,16H,6H2,1-3H3,(H,15,17)(H,18,19). The molecule has 0 bridgehead atoms. The van der Waals surface area contributed by atoms with Gasteiger partial charge in [-0.15, -0.1) is 0 Å². The van der Waals surface area contributed by atoms with Crippen molar-refractivity contribution in [2.75, 3.05) is 7.11 Å². The van der Waals surface area contributed by atoms with Crippen LogP contribution >= 0.6 is 0 Å². The summed E-state index contributed by atoms with van der Waals surface area (Å²) in [5, 5.41) is 21.2. The highest BCUT2D eigenvalue weighted by Gasteiger charge is 2.23. The van der Waals surface area contributed by atoms with Gasteiger partial charge >= 0.3 is 5.97 Å². The Morgan fingerprint density at radius 1 is 1.35 bits per heavy atom. The normalized spacial score (nSPS) is 12.0. The first-order valence-electron chi connectivity index (χ1n) is 6.25. The van der Waals surface area contributed by atoms with Crippen LogP contribution in [0, 0.1) is 5.92 Å². The minimum atomic E-state index is -1.10. The summed E-state index contributed by atoms with van der Waals surface area (Å²) in [6, 6.07) is 3.22. The van der Waals surface area contributed by atoms with E-state index in [1.807, 2.05) is 13.8 Å². The van der Waals surface area contributed by atoms with Gasteiger partial charge in [0.15, 0.2) is 0 Å². The zero-order valence-corrected chi connectivity index (χ0v) is 11.7. The number of hydrogen-bond acceptors (Lipinski definition) is 4. The molecule has 20 heavy (non-hydrogen) atoms. The van der Waals surface area contributed by atoms with E-state index in [0.717, 1.165) is 0 Å². The Balaban J connectivity index is 2.86. The zero-order chi connectivity index (χ0) is 15.3. The molecular formula is C14H19NO5. The lowest BCUT2D eigenvalue weighted by atomic mass is 10.0. The Bertz CT molecular complexity index is 498. The lowest BCUT2D eigenvalue weighted by Crippen LogP contribution is -2.41. The number of carbonyl (C=O) groups excluding carboxylic acids is 1. The van der Waals surface area contributed by atoms with Crippen molar-refractivity contribution >= 4 is 11.9 Å². The second kappa shape index (κ2) is 6.79. The van der Waals surface area contributed by atoms with E-state index >= 15 is 0 Å². The molecule has 6 nitrogen and oxygen atoms in total. The van der Waals surface area contributed by atoms with E-state index in [0.29, 0.717) is 12.2 Å². The van der Waals surface area contributed by atoms with Gasteiger partial charge < -0.3 is 20.3 Å². The van der Waals surface area contributed by atoms with Crippen LogP contribution in [0.15, 0.2) is 18.2 Å². The van der Waals surface area contributed by atoms with Crippen molar-refractivity contribution in [2.45, 2.75) is 26.3 Å². The molecule has 1 aromatic carbocycles. The predicted octanol–water partition coefficient (Wildman–Crippen LogP) is 1.63. The van der Waals surface area contributed by atoms with E-state index in [4.69, 9.17) is 9.84 Å². The van der Waals surface area contributed by atoms with Gasteiger partial charge in [0.2, 0.25) is 0 Å². The number of methoxy groups -OCH3 is 1. The van der Waals surface area contributed by atoms with Gasteiger partial charge in [0, 0.05) is 6.07 Å². The van der Waals surface area contributed by atoms with E-state index in [-0.39, 0.29) is 17.2 Å². The predicted molar refractivity (Wildman–Crippen MR) is 73.0 cm³/mol. The molecule has 1 unspecified atom stereocenters. The summed E-state index contributed by atoms with van der Waals surface area (Å²) in [5.74, 6) is -1.44. The molecule has 0 spiro atoms. The lowest BCUT2D eigenvalue weighted by molar-refractivity contribution is -0.139. The van der Waals surface area contributed by atoms with Gasteiger partial charge in [0.05, 0.1) is 12.7 Å². The van der Waals surface area contributed by atoms with Crippen LogP contribution in [0.2, 0.25) is 0 Å². The molecule has 0 fully saturated rings. The minimum absolute atomic E-state index is 0.0146. The largest absolute Gasteiger partial charge is 0.507 e. The number of aliphatic carboxylic acids is 1. The van der Waals surface area contributed by atoms with Crippen LogP contribution in [0.5, 0.6) is 11.5 Å². The van der Waals surface area contributed by atoms with Crippen molar-refractivity contribution in [1.29, 1.82) is 0 Å². The first-order chi connectivity index (χ1) is 9.35. The molecule has 0 aromatic heterocycles. The maximum atomic E-state index is 12.0. The number of carbonyl (C=O) groups is 2. The molecule has 0 aliphatic heterocycles. The van der Waals surface area contributed by atoms with E-state index < -0.39 is 17.9 Å². The number of hydrogen-bond donors (Lipinski definition) is 3. The fourth-order valence-corrected chi connectivity index (χ4v) is 1.76. The quantitative estimate of drug-likeness (QED) is 0.736. The van der Waals surface area contributed by atoms with Crippen molar-refractivity contribution in [2.24, 2.45) is 5.92 Å². The fraction of sp³-hybridized carbons (Fsp3) is 0.429. The van der Waals surface area contributed by atoms with Crippen LogP contribution in [0.25, 0.3) is 0 Å². The summed E-state index contributed by atoms with van der Waals surface area (Å²) < 4.78 is 4.92. The molecule has 1 amide bonds. The summed E-state index contributed by atoms with van der Waals surface area (Å²) in [4.78, 5) is 23.1. The Morgan fingerprint density at radius 2 is 2.00 bits per heavy atom. The Kier molecular flexibility index (Phi) is 5.37. The molecule has 0 saturated carbocycles. The maximum Gasteiger partial charge on any atom is 0.326 e. The van der Waals surface area contributed by atoms with Crippen molar-refractivity contribution < 1.29 is 24.5 Å². The Labute approximate surface area is 117 Å². The third-order valence-electron chi connectivity index (χ3n) is 2.76. The van der Waals surface area contributed by atoms with Gasteiger partial charge in [-0.25, -0.2) is 4.79 Å². The molecule has 0 aliphatic rings. The highest BCUT2D eigenvalue weighted by molar-refractivity contribution is 5.99. The average Bonchev–Trinajstić information content (AvgIpc) is 2.36. The number of phenolic OH excluding ortho intramolecular Hbond substituents is 1. The zero-order valence-electron chi connectivity index (χ0n) is 11.7. The smallest absolute Gasteiger partial charge is 0.326 e. The molecule has 0 radical (unpaired) electrons. The van der Waals surface area contributed by atoms with Crippen LogP contribution in [-0.2, 0) is 4.79 Å². The van der Waals surface area contributed by atoms with E-state index in [9.17, 15) is 14.7 Å². The second-order valence-corrected chi connectivity index (χ2v) is 4.88. The summed E-state index contributed by atoms with van der Waals surface area (Å²) in [5.41, 5.74) is 0.0146. The molecular weight excluding hydrogens is 262 g/mol. The molecule has 110 valence electrons. The minimum Gasteiger partial charge on any atom is -0.507 e. The van der Waals surface area contributed by atoms with E-state index in [1.54, 1.807) is 0 Å². The number of carboxylic acid groups (broad SMARTS) is 1. The van der Waals surface area contributed by atoms with Crippen molar-refractivity contribution in [3.63, 3.8) is 0 Å². The number of amides is 1. The van der Waals surface area contributed by atoms with Crippen molar-refractivity contribution in [3.8, 4) is 11.5 Å². The number of phenols is 1. The number of ether oxygens (including phenoxy) is 1. The molecule has 6 heteroatoms. The molecule has 1 atom stereocenters. The number of carboxylic acids is 1. The highest BCUT2D eigenvalue weighted by Crippen LogP contribution is 2.23. The average molecular weight is 281 g/mol. The number of benzene rings is 1. The third kappa shape index (κ3) is 4.15. The van der Waals surface area contributed by atoms with Crippen LogP contribution in [0.4, 0.5) is 0 Å².